The number of benzene rings is 1. The van der Waals surface area contributed by atoms with Crippen LogP contribution in [0.4, 0.5) is 0 Å². The highest BCUT2D eigenvalue weighted by Gasteiger charge is 2.29. The molecule has 1 aromatic rings. The third kappa shape index (κ3) is 3.42. The predicted octanol–water partition coefficient (Wildman–Crippen LogP) is 3.41. The molecule has 1 N–H and O–H groups in total. The second-order valence-electron chi connectivity index (χ2n) is 4.72. The van der Waals surface area contributed by atoms with Crippen molar-refractivity contribution in [2.75, 3.05) is 5.33 Å². The smallest absolute Gasteiger partial charge is 0.313 e. The summed E-state index contributed by atoms with van der Waals surface area (Å²) in [6, 6.07) is 6.85. The molecule has 0 saturated carbocycles. The lowest BCUT2D eigenvalue weighted by atomic mass is 9.84. The number of carboxylic acid groups (broad SMARTS) is 1. The molecule has 0 aliphatic rings. The van der Waals surface area contributed by atoms with Crippen LogP contribution in [0.3, 0.4) is 0 Å². The number of alkyl halides is 1. The van der Waals surface area contributed by atoms with Gasteiger partial charge in [0.1, 0.15) is 0 Å². The van der Waals surface area contributed by atoms with Gasteiger partial charge < -0.3 is 5.11 Å². The minimum absolute atomic E-state index is 0.0918. The highest BCUT2D eigenvalue weighted by molar-refractivity contribution is 9.09. The second kappa shape index (κ2) is 6.14. The van der Waals surface area contributed by atoms with Crippen LogP contribution in [0.15, 0.2) is 24.3 Å². The first-order valence-corrected chi connectivity index (χ1v) is 6.95. The summed E-state index contributed by atoms with van der Waals surface area (Å²) in [5.41, 5.74) is 0.408. The fourth-order valence-electron chi connectivity index (χ4n) is 1.57. The van der Waals surface area contributed by atoms with Crippen molar-refractivity contribution in [2.24, 2.45) is 0 Å². The molecule has 0 unspecified atom stereocenters. The summed E-state index contributed by atoms with van der Waals surface area (Å²) in [7, 11) is 0. The number of ketones is 1. The molecule has 0 heterocycles. The van der Waals surface area contributed by atoms with Crippen molar-refractivity contribution >= 4 is 27.7 Å². The molecule has 0 fully saturated rings. The van der Waals surface area contributed by atoms with Gasteiger partial charge in [0.25, 0.3) is 0 Å². The zero-order valence-corrected chi connectivity index (χ0v) is 12.2. The van der Waals surface area contributed by atoms with Crippen molar-refractivity contribution in [3.8, 4) is 0 Å². The van der Waals surface area contributed by atoms with Gasteiger partial charge in [-0.2, -0.15) is 0 Å². The largest absolute Gasteiger partial charge is 0.481 e. The molecule has 1 rings (SSSR count). The maximum absolute atomic E-state index is 11.8. The average molecular weight is 313 g/mol. The Kier molecular flexibility index (Phi) is 5.08. The number of carbonyl (C=O) groups is 2. The van der Waals surface area contributed by atoms with Crippen molar-refractivity contribution in [3.63, 3.8) is 0 Å². The number of hydrogen-bond donors (Lipinski definition) is 1. The number of carbonyl (C=O) groups excluding carboxylic acids is 1. The van der Waals surface area contributed by atoms with Crippen molar-refractivity contribution in [3.05, 3.63) is 35.4 Å². The monoisotopic (exact) mass is 312 g/mol. The maximum atomic E-state index is 11.8. The first kappa shape index (κ1) is 14.9. The summed E-state index contributed by atoms with van der Waals surface area (Å²) in [5.74, 6) is -0.782. The lowest BCUT2D eigenvalue weighted by Gasteiger charge is -2.19. The molecule has 98 valence electrons. The number of carboxylic acids is 1. The number of aliphatic carboxylic acids is 1. The first-order valence-electron chi connectivity index (χ1n) is 5.82. The molecule has 0 radical (unpaired) electrons. The molecule has 18 heavy (non-hydrogen) atoms. The Morgan fingerprint density at radius 2 is 1.78 bits per heavy atom. The Morgan fingerprint density at radius 1 is 1.22 bits per heavy atom. The number of hydrogen-bond acceptors (Lipinski definition) is 2. The quantitative estimate of drug-likeness (QED) is 0.647. The third-order valence-electron chi connectivity index (χ3n) is 3.00. The third-order valence-corrected chi connectivity index (χ3v) is 3.56. The van der Waals surface area contributed by atoms with E-state index in [1.807, 2.05) is 0 Å². The Hall–Kier alpha value is -1.16. The number of rotatable bonds is 6. The molecule has 0 saturated heterocycles. The molecule has 0 spiro atoms. The van der Waals surface area contributed by atoms with Crippen molar-refractivity contribution < 1.29 is 14.7 Å². The number of halogens is 1. The lowest BCUT2D eigenvalue weighted by molar-refractivity contribution is -0.142. The number of Topliss-reactive ketones (excluding diaryl/α,β-unsaturated/α-hetero) is 1. The van der Waals surface area contributed by atoms with E-state index in [0.717, 1.165) is 11.8 Å². The van der Waals surface area contributed by atoms with Gasteiger partial charge in [0.05, 0.1) is 5.41 Å². The Balaban J connectivity index is 2.86. The molecule has 0 aliphatic carbocycles. The van der Waals surface area contributed by atoms with Gasteiger partial charge >= 0.3 is 5.97 Å². The topological polar surface area (TPSA) is 54.4 Å². The minimum atomic E-state index is -0.933. The van der Waals surface area contributed by atoms with Crippen molar-refractivity contribution in [1.29, 1.82) is 0 Å². The normalized spacial score (nSPS) is 11.3. The summed E-state index contributed by atoms with van der Waals surface area (Å²) in [4.78, 5) is 22.9. The molecule has 4 heteroatoms. The molecule has 0 atom stereocenters. The summed E-state index contributed by atoms with van der Waals surface area (Å²) in [5, 5.41) is 9.93. The molecule has 1 aromatic carbocycles. The van der Waals surface area contributed by atoms with E-state index in [0.29, 0.717) is 17.5 Å². The van der Waals surface area contributed by atoms with E-state index >= 15 is 0 Å². The van der Waals surface area contributed by atoms with Gasteiger partial charge in [0.15, 0.2) is 5.78 Å². The van der Waals surface area contributed by atoms with E-state index in [-0.39, 0.29) is 5.78 Å². The fraction of sp³-hybridized carbons (Fsp3) is 0.429. The SMILES string of the molecule is CC(C)(C(=O)O)c1ccc(C(=O)CCCBr)cc1. The molecule has 3 nitrogen and oxygen atoms in total. The highest BCUT2D eigenvalue weighted by Crippen LogP contribution is 2.24. The summed E-state index contributed by atoms with van der Waals surface area (Å²) in [6.07, 6.45) is 1.31. The minimum Gasteiger partial charge on any atom is -0.481 e. The molecule has 0 aliphatic heterocycles. The van der Waals surface area contributed by atoms with E-state index in [9.17, 15) is 9.59 Å². The van der Waals surface area contributed by atoms with Crippen LogP contribution in [0.1, 0.15) is 42.6 Å². The Labute approximate surface area is 115 Å². The van der Waals surface area contributed by atoms with Gasteiger partial charge in [-0.25, -0.2) is 0 Å². The van der Waals surface area contributed by atoms with Crippen LogP contribution < -0.4 is 0 Å². The molecule has 0 amide bonds. The summed E-state index contributed by atoms with van der Waals surface area (Å²) < 4.78 is 0. The van der Waals surface area contributed by atoms with Crippen LogP contribution >= 0.6 is 15.9 Å². The highest BCUT2D eigenvalue weighted by atomic mass is 79.9. The molecule has 0 aromatic heterocycles. The van der Waals surface area contributed by atoms with Gasteiger partial charge in [0, 0.05) is 17.3 Å². The van der Waals surface area contributed by atoms with E-state index in [1.165, 1.54) is 0 Å². The summed E-state index contributed by atoms with van der Waals surface area (Å²) >= 11 is 3.29. The molecular weight excluding hydrogens is 296 g/mol. The van der Waals surface area contributed by atoms with E-state index < -0.39 is 11.4 Å². The second-order valence-corrected chi connectivity index (χ2v) is 5.52. The van der Waals surface area contributed by atoms with Crippen LogP contribution in [-0.2, 0) is 10.2 Å². The van der Waals surface area contributed by atoms with Crippen LogP contribution in [0, 0.1) is 0 Å². The summed E-state index contributed by atoms with van der Waals surface area (Å²) in [6.45, 7) is 3.30. The van der Waals surface area contributed by atoms with Crippen LogP contribution in [0.2, 0.25) is 0 Å². The Bertz CT molecular complexity index is 435. The van der Waals surface area contributed by atoms with Gasteiger partial charge in [-0.05, 0) is 25.8 Å². The van der Waals surface area contributed by atoms with Crippen LogP contribution in [0.5, 0.6) is 0 Å². The standard InChI is InChI=1S/C14H17BrO3/c1-14(2,13(17)18)11-7-5-10(6-8-11)12(16)4-3-9-15/h5-8H,3-4,9H2,1-2H3,(H,17,18). The van der Waals surface area contributed by atoms with E-state index in [1.54, 1.807) is 38.1 Å². The zero-order valence-electron chi connectivity index (χ0n) is 10.6. The Morgan fingerprint density at radius 3 is 2.22 bits per heavy atom. The molecule has 0 bridgehead atoms. The maximum Gasteiger partial charge on any atom is 0.313 e. The average Bonchev–Trinajstić information content (AvgIpc) is 2.35. The van der Waals surface area contributed by atoms with Gasteiger partial charge in [-0.1, -0.05) is 40.2 Å². The van der Waals surface area contributed by atoms with E-state index in [4.69, 9.17) is 5.11 Å². The molecular formula is C14H17BrO3. The first-order chi connectivity index (χ1) is 8.39. The van der Waals surface area contributed by atoms with Crippen LogP contribution in [-0.4, -0.2) is 22.2 Å². The zero-order chi connectivity index (χ0) is 13.8. The fourth-order valence-corrected chi connectivity index (χ4v) is 1.85. The van der Waals surface area contributed by atoms with Gasteiger partial charge in [-0.3, -0.25) is 9.59 Å². The predicted molar refractivity (Wildman–Crippen MR) is 74.5 cm³/mol. The lowest BCUT2D eigenvalue weighted by Crippen LogP contribution is -2.28. The van der Waals surface area contributed by atoms with Crippen molar-refractivity contribution in [1.82, 2.24) is 0 Å². The van der Waals surface area contributed by atoms with Gasteiger partial charge in [0.2, 0.25) is 0 Å². The van der Waals surface area contributed by atoms with E-state index in [2.05, 4.69) is 15.9 Å². The van der Waals surface area contributed by atoms with Crippen molar-refractivity contribution in [2.45, 2.75) is 32.1 Å². The van der Waals surface area contributed by atoms with Gasteiger partial charge in [-0.15, -0.1) is 0 Å². The van der Waals surface area contributed by atoms with Crippen LogP contribution in [0.25, 0.3) is 0 Å².